The van der Waals surface area contributed by atoms with Gasteiger partial charge >= 0.3 is 6.03 Å². The van der Waals surface area contributed by atoms with Gasteiger partial charge in [0.15, 0.2) is 4.90 Å². The molecule has 0 aliphatic rings. The molecule has 2 amide bonds. The van der Waals surface area contributed by atoms with Crippen LogP contribution in [-0.4, -0.2) is 15.6 Å². The Bertz CT molecular complexity index is 1210. The molecule has 0 aliphatic heterocycles. The van der Waals surface area contributed by atoms with E-state index >= 15 is 0 Å². The van der Waals surface area contributed by atoms with Crippen molar-refractivity contribution in [3.8, 4) is 11.1 Å². The summed E-state index contributed by atoms with van der Waals surface area (Å²) in [7, 11) is 0. The minimum atomic E-state index is -1.62. The van der Waals surface area contributed by atoms with E-state index in [1.807, 2.05) is 36.4 Å². The summed E-state index contributed by atoms with van der Waals surface area (Å²) in [6, 6.07) is 23.6. The molecule has 0 bridgehead atoms. The van der Waals surface area contributed by atoms with Crippen LogP contribution in [0, 0.1) is 5.82 Å². The number of amides is 2. The molecule has 33 heavy (non-hydrogen) atoms. The number of hydrogen-bond acceptors (Lipinski definition) is 4. The van der Waals surface area contributed by atoms with Crippen LogP contribution in [0.25, 0.3) is 11.1 Å². The zero-order valence-electron chi connectivity index (χ0n) is 17.5. The van der Waals surface area contributed by atoms with E-state index in [2.05, 4.69) is 20.3 Å². The molecular formula is C25H21FN4O2S. The van der Waals surface area contributed by atoms with Crippen molar-refractivity contribution >= 4 is 28.8 Å². The van der Waals surface area contributed by atoms with Crippen LogP contribution in [0.3, 0.4) is 0 Å². The highest BCUT2D eigenvalue weighted by Gasteiger charge is 2.19. The Morgan fingerprint density at radius 2 is 1.70 bits per heavy atom. The molecule has 0 fully saturated rings. The van der Waals surface area contributed by atoms with Crippen LogP contribution in [0.4, 0.5) is 20.6 Å². The van der Waals surface area contributed by atoms with Crippen molar-refractivity contribution in [3.05, 3.63) is 109 Å². The third-order valence-electron chi connectivity index (χ3n) is 4.76. The van der Waals surface area contributed by atoms with E-state index in [4.69, 9.17) is 0 Å². The summed E-state index contributed by atoms with van der Waals surface area (Å²) in [6.45, 7) is 0.361. The summed E-state index contributed by atoms with van der Waals surface area (Å²) < 4.78 is 29.8. The van der Waals surface area contributed by atoms with Crippen molar-refractivity contribution in [2.24, 2.45) is 0 Å². The highest BCUT2D eigenvalue weighted by molar-refractivity contribution is 7.92. The average Bonchev–Trinajstić information content (AvgIpc) is 2.85. The summed E-state index contributed by atoms with van der Waals surface area (Å²) >= 11 is -1.62. The van der Waals surface area contributed by atoms with Gasteiger partial charge in [-0.3, -0.25) is 4.98 Å². The number of urea groups is 1. The molecule has 3 N–H and O–H groups in total. The second-order valence-corrected chi connectivity index (χ2v) is 8.31. The van der Waals surface area contributed by atoms with Gasteiger partial charge in [0.05, 0.1) is 5.69 Å². The van der Waals surface area contributed by atoms with Crippen molar-refractivity contribution in [1.29, 1.82) is 0 Å². The molecule has 0 radical (unpaired) electrons. The van der Waals surface area contributed by atoms with Crippen LogP contribution in [-0.2, 0) is 17.9 Å². The molecule has 6 nitrogen and oxygen atoms in total. The van der Waals surface area contributed by atoms with E-state index < -0.39 is 17.2 Å². The second kappa shape index (κ2) is 10.6. The van der Waals surface area contributed by atoms with E-state index in [1.165, 1.54) is 18.2 Å². The first-order valence-electron chi connectivity index (χ1n) is 10.2. The number of benzene rings is 3. The lowest BCUT2D eigenvalue weighted by atomic mass is 10.1. The lowest BCUT2D eigenvalue weighted by Crippen LogP contribution is -2.28. The summed E-state index contributed by atoms with van der Waals surface area (Å²) in [4.78, 5) is 16.6. The Labute approximate surface area is 194 Å². The van der Waals surface area contributed by atoms with Gasteiger partial charge in [0, 0.05) is 30.2 Å². The summed E-state index contributed by atoms with van der Waals surface area (Å²) in [5, 5.41) is 5.50. The Kier molecular flexibility index (Phi) is 7.19. The quantitative estimate of drug-likeness (QED) is 0.325. The second-order valence-electron chi connectivity index (χ2n) is 7.12. The van der Waals surface area contributed by atoms with Gasteiger partial charge in [-0.25, -0.2) is 13.9 Å². The van der Waals surface area contributed by atoms with E-state index in [0.717, 1.165) is 11.1 Å². The number of aromatic nitrogens is 1. The van der Waals surface area contributed by atoms with Crippen LogP contribution in [0.15, 0.2) is 102 Å². The smallest absolute Gasteiger partial charge is 0.319 e. The summed E-state index contributed by atoms with van der Waals surface area (Å²) in [6.07, 6.45) is 3.36. The monoisotopic (exact) mass is 460 g/mol. The number of carbonyl (C=O) groups excluding carboxylic acids is 1. The molecule has 0 spiro atoms. The Hall–Kier alpha value is -3.88. The maximum Gasteiger partial charge on any atom is 0.319 e. The van der Waals surface area contributed by atoms with Crippen molar-refractivity contribution in [2.45, 2.75) is 11.4 Å². The maximum absolute atomic E-state index is 13.9. The summed E-state index contributed by atoms with van der Waals surface area (Å²) in [5.41, 5.74) is 3.41. The van der Waals surface area contributed by atoms with Crippen molar-refractivity contribution in [1.82, 2.24) is 10.3 Å². The van der Waals surface area contributed by atoms with Gasteiger partial charge in [-0.05, 0) is 59.7 Å². The minimum absolute atomic E-state index is 0.345. The van der Waals surface area contributed by atoms with E-state index in [1.54, 1.807) is 42.7 Å². The third-order valence-corrected chi connectivity index (χ3v) is 5.93. The predicted molar refractivity (Wildman–Crippen MR) is 128 cm³/mol. The number of rotatable bonds is 7. The number of carbonyl (C=O) groups is 1. The van der Waals surface area contributed by atoms with Gasteiger partial charge in [-0.1, -0.05) is 36.4 Å². The molecular weight excluding hydrogens is 439 g/mol. The van der Waals surface area contributed by atoms with Crippen LogP contribution >= 0.6 is 0 Å². The van der Waals surface area contributed by atoms with Gasteiger partial charge in [0.1, 0.15) is 17.2 Å². The van der Waals surface area contributed by atoms with E-state index in [-0.39, 0.29) is 6.03 Å². The Balaban J connectivity index is 1.39. The number of nitrogens with zero attached hydrogens (tertiary/aromatic N) is 1. The largest absolute Gasteiger partial charge is 0.588 e. The molecule has 4 aromatic rings. The molecule has 1 heterocycles. The van der Waals surface area contributed by atoms with Gasteiger partial charge in [-0.2, -0.15) is 0 Å². The number of hydrogen-bond donors (Lipinski definition) is 3. The molecule has 1 unspecified atom stereocenters. The van der Waals surface area contributed by atoms with E-state index in [0.29, 0.717) is 28.4 Å². The highest BCUT2D eigenvalue weighted by Crippen LogP contribution is 2.29. The predicted octanol–water partition coefficient (Wildman–Crippen LogP) is 5.34. The van der Waals surface area contributed by atoms with Crippen molar-refractivity contribution < 1.29 is 13.7 Å². The van der Waals surface area contributed by atoms with Gasteiger partial charge < -0.3 is 15.2 Å². The lowest BCUT2D eigenvalue weighted by molar-refractivity contribution is 0.251. The van der Waals surface area contributed by atoms with Gasteiger partial charge in [-0.15, -0.1) is 0 Å². The molecule has 0 saturated heterocycles. The normalized spacial score (nSPS) is 11.5. The van der Waals surface area contributed by atoms with Gasteiger partial charge in [0.2, 0.25) is 0 Å². The number of anilines is 2. The fourth-order valence-electron chi connectivity index (χ4n) is 3.15. The molecule has 4 rings (SSSR count). The number of halogens is 1. The fourth-order valence-corrected chi connectivity index (χ4v) is 4.18. The maximum atomic E-state index is 13.9. The zero-order valence-corrected chi connectivity index (χ0v) is 18.3. The van der Waals surface area contributed by atoms with Crippen LogP contribution in [0.1, 0.15) is 5.56 Å². The zero-order chi connectivity index (χ0) is 23.0. The van der Waals surface area contributed by atoms with E-state index in [9.17, 15) is 13.7 Å². The SMILES string of the molecule is O=C(NCc1cccnc1)Nc1ccc(N[S+]([O-])c2ccc(F)cc2-c2ccccc2)cc1. The molecule has 0 saturated carbocycles. The fraction of sp³-hybridized carbons (Fsp3) is 0.0400. The molecule has 0 aliphatic carbocycles. The summed E-state index contributed by atoms with van der Waals surface area (Å²) in [5.74, 6) is -0.396. The average molecular weight is 461 g/mol. The highest BCUT2D eigenvalue weighted by atomic mass is 32.2. The van der Waals surface area contributed by atoms with Crippen molar-refractivity contribution in [3.63, 3.8) is 0 Å². The lowest BCUT2D eigenvalue weighted by Gasteiger charge is -2.15. The Morgan fingerprint density at radius 1 is 0.939 bits per heavy atom. The first-order chi connectivity index (χ1) is 16.1. The number of pyridine rings is 1. The molecule has 3 aromatic carbocycles. The van der Waals surface area contributed by atoms with Crippen molar-refractivity contribution in [2.75, 3.05) is 10.0 Å². The molecule has 8 heteroatoms. The molecule has 166 valence electrons. The van der Waals surface area contributed by atoms with Crippen LogP contribution in [0.5, 0.6) is 0 Å². The van der Waals surface area contributed by atoms with Crippen LogP contribution < -0.4 is 15.4 Å². The van der Waals surface area contributed by atoms with Crippen LogP contribution in [0.2, 0.25) is 0 Å². The topological polar surface area (TPSA) is 89.1 Å². The molecule has 1 atom stereocenters. The number of nitrogens with one attached hydrogen (secondary N) is 3. The third kappa shape index (κ3) is 6.09. The first-order valence-corrected chi connectivity index (χ1v) is 11.3. The Morgan fingerprint density at radius 3 is 2.42 bits per heavy atom. The molecule has 1 aromatic heterocycles. The van der Waals surface area contributed by atoms with Gasteiger partial charge in [0.25, 0.3) is 0 Å². The first kappa shape index (κ1) is 22.3. The minimum Gasteiger partial charge on any atom is -0.588 e. The standard InChI is InChI=1S/C25H21FN4O2S/c26-20-8-13-24(23(15-20)19-6-2-1-3-7-19)33(32)30-22-11-9-21(10-12-22)29-25(31)28-17-18-5-4-14-27-16-18/h1-16,30H,17H2,(H2,28,29,31).